The molecule has 0 aliphatic heterocycles. The van der Waals surface area contributed by atoms with Gasteiger partial charge in [0, 0.05) is 28.8 Å². The Morgan fingerprint density at radius 3 is 2.07 bits per heavy atom. The number of pyridine rings is 1. The van der Waals surface area contributed by atoms with E-state index in [2.05, 4.69) is 15.6 Å². The molecule has 0 saturated carbocycles. The molecule has 6 heteroatoms. The molecule has 0 saturated heterocycles. The summed E-state index contributed by atoms with van der Waals surface area (Å²) in [6, 6.07) is 12.6. The van der Waals surface area contributed by atoms with Gasteiger partial charge in [-0.05, 0) is 55.7 Å². The van der Waals surface area contributed by atoms with Crippen molar-refractivity contribution in [2.24, 2.45) is 0 Å². The summed E-state index contributed by atoms with van der Waals surface area (Å²) in [6.07, 6.45) is 2.86. The van der Waals surface area contributed by atoms with Crippen LogP contribution in [0.25, 0.3) is 0 Å². The van der Waals surface area contributed by atoms with Crippen molar-refractivity contribution in [3.05, 3.63) is 87.7 Å². The lowest BCUT2D eigenvalue weighted by Crippen LogP contribution is -2.17. The van der Waals surface area contributed by atoms with Crippen molar-refractivity contribution >= 4 is 34.8 Å². The molecule has 0 spiro atoms. The molecule has 0 atom stereocenters. The van der Waals surface area contributed by atoms with Crippen molar-refractivity contribution in [1.82, 2.24) is 4.98 Å². The maximum atomic E-state index is 12.7. The number of carbonyl (C=O) groups is 2. The standard InChI is InChI=1S/C22H20ClN3O2/c1-13-6-4-7-14(2)20(13)26-22(28)17-10-16(11-24-12-17)21(27)25-19-9-5-8-18(23)15(19)3/h4-12H,1-3H3,(H,25,27)(H,26,28). The Morgan fingerprint density at radius 1 is 0.857 bits per heavy atom. The average Bonchev–Trinajstić information content (AvgIpc) is 2.68. The Labute approximate surface area is 168 Å². The highest BCUT2D eigenvalue weighted by Gasteiger charge is 2.14. The van der Waals surface area contributed by atoms with Crippen LogP contribution in [0.1, 0.15) is 37.4 Å². The summed E-state index contributed by atoms with van der Waals surface area (Å²) in [5, 5.41) is 6.27. The topological polar surface area (TPSA) is 71.1 Å². The normalized spacial score (nSPS) is 10.4. The van der Waals surface area contributed by atoms with Crippen molar-refractivity contribution in [2.45, 2.75) is 20.8 Å². The molecule has 5 nitrogen and oxygen atoms in total. The summed E-state index contributed by atoms with van der Waals surface area (Å²) in [4.78, 5) is 29.3. The lowest BCUT2D eigenvalue weighted by Gasteiger charge is -2.12. The number of anilines is 2. The fourth-order valence-electron chi connectivity index (χ4n) is 2.82. The largest absolute Gasteiger partial charge is 0.322 e. The van der Waals surface area contributed by atoms with Gasteiger partial charge in [0.15, 0.2) is 0 Å². The highest BCUT2D eigenvalue weighted by Crippen LogP contribution is 2.24. The first-order chi connectivity index (χ1) is 13.4. The van der Waals surface area contributed by atoms with E-state index in [1.807, 2.05) is 39.0 Å². The maximum absolute atomic E-state index is 12.7. The van der Waals surface area contributed by atoms with Crippen LogP contribution in [-0.4, -0.2) is 16.8 Å². The molecule has 1 heterocycles. The quantitative estimate of drug-likeness (QED) is 0.642. The lowest BCUT2D eigenvalue weighted by atomic mass is 10.1. The van der Waals surface area contributed by atoms with E-state index in [9.17, 15) is 9.59 Å². The highest BCUT2D eigenvalue weighted by molar-refractivity contribution is 6.31. The van der Waals surface area contributed by atoms with Gasteiger partial charge >= 0.3 is 0 Å². The Morgan fingerprint density at radius 2 is 1.43 bits per heavy atom. The maximum Gasteiger partial charge on any atom is 0.257 e. The molecular weight excluding hydrogens is 374 g/mol. The first-order valence-corrected chi connectivity index (χ1v) is 9.13. The molecule has 0 unspecified atom stereocenters. The van der Waals surface area contributed by atoms with E-state index in [4.69, 9.17) is 11.6 Å². The van der Waals surface area contributed by atoms with Gasteiger partial charge in [-0.2, -0.15) is 0 Å². The van der Waals surface area contributed by atoms with Crippen LogP contribution < -0.4 is 10.6 Å². The second-order valence-corrected chi connectivity index (χ2v) is 6.96. The molecular formula is C22H20ClN3O2. The molecule has 0 aliphatic rings. The minimum absolute atomic E-state index is 0.286. The number of para-hydroxylation sites is 1. The number of aryl methyl sites for hydroxylation is 2. The van der Waals surface area contributed by atoms with Crippen LogP contribution in [0.5, 0.6) is 0 Å². The van der Waals surface area contributed by atoms with Gasteiger partial charge in [0.25, 0.3) is 11.8 Å². The van der Waals surface area contributed by atoms with Gasteiger partial charge in [-0.15, -0.1) is 0 Å². The smallest absolute Gasteiger partial charge is 0.257 e. The Balaban J connectivity index is 1.81. The average molecular weight is 394 g/mol. The first kappa shape index (κ1) is 19.6. The Hall–Kier alpha value is -3.18. The van der Waals surface area contributed by atoms with Crippen LogP contribution in [-0.2, 0) is 0 Å². The van der Waals surface area contributed by atoms with Gasteiger partial charge in [0.05, 0.1) is 11.1 Å². The van der Waals surface area contributed by atoms with Crippen LogP contribution in [0.2, 0.25) is 5.02 Å². The lowest BCUT2D eigenvalue weighted by molar-refractivity contribution is 0.102. The molecule has 0 aliphatic carbocycles. The molecule has 0 bridgehead atoms. The van der Waals surface area contributed by atoms with Crippen molar-refractivity contribution in [2.75, 3.05) is 10.6 Å². The molecule has 28 heavy (non-hydrogen) atoms. The molecule has 0 radical (unpaired) electrons. The number of hydrogen-bond acceptors (Lipinski definition) is 3. The molecule has 3 rings (SSSR count). The van der Waals surface area contributed by atoms with Crippen LogP contribution in [0.3, 0.4) is 0 Å². The summed E-state index contributed by atoms with van der Waals surface area (Å²) in [5.41, 5.74) is 4.67. The van der Waals surface area contributed by atoms with Gasteiger partial charge in [-0.1, -0.05) is 35.9 Å². The molecule has 142 valence electrons. The van der Waals surface area contributed by atoms with E-state index >= 15 is 0 Å². The van der Waals surface area contributed by atoms with E-state index in [1.54, 1.807) is 18.2 Å². The summed E-state index contributed by atoms with van der Waals surface area (Å²) < 4.78 is 0. The molecule has 2 aromatic carbocycles. The zero-order chi connectivity index (χ0) is 20.3. The predicted octanol–water partition coefficient (Wildman–Crippen LogP) is 5.16. The first-order valence-electron chi connectivity index (χ1n) is 8.76. The van der Waals surface area contributed by atoms with Crippen molar-refractivity contribution in [3.63, 3.8) is 0 Å². The van der Waals surface area contributed by atoms with Gasteiger partial charge in [0.2, 0.25) is 0 Å². The number of nitrogens with one attached hydrogen (secondary N) is 2. The number of benzene rings is 2. The van der Waals surface area contributed by atoms with Gasteiger partial charge < -0.3 is 10.6 Å². The third-order valence-corrected chi connectivity index (χ3v) is 4.91. The van der Waals surface area contributed by atoms with Crippen molar-refractivity contribution in [1.29, 1.82) is 0 Å². The molecule has 3 aromatic rings. The van der Waals surface area contributed by atoms with Crippen LogP contribution >= 0.6 is 11.6 Å². The number of halogens is 1. The second-order valence-electron chi connectivity index (χ2n) is 6.55. The van der Waals surface area contributed by atoms with Crippen molar-refractivity contribution in [3.8, 4) is 0 Å². The monoisotopic (exact) mass is 393 g/mol. The molecule has 0 fully saturated rings. The fraction of sp³-hybridized carbons (Fsp3) is 0.136. The molecule has 1 aromatic heterocycles. The number of hydrogen-bond donors (Lipinski definition) is 2. The Bertz CT molecular complexity index is 1040. The van der Waals surface area contributed by atoms with Gasteiger partial charge in [0.1, 0.15) is 0 Å². The van der Waals surface area contributed by atoms with Gasteiger partial charge in [-0.3, -0.25) is 14.6 Å². The van der Waals surface area contributed by atoms with Crippen molar-refractivity contribution < 1.29 is 9.59 Å². The summed E-state index contributed by atoms with van der Waals surface area (Å²) in [5.74, 6) is -0.682. The fourth-order valence-corrected chi connectivity index (χ4v) is 3.00. The number of amides is 2. The van der Waals surface area contributed by atoms with E-state index in [-0.39, 0.29) is 17.4 Å². The number of nitrogens with zero attached hydrogens (tertiary/aromatic N) is 1. The minimum Gasteiger partial charge on any atom is -0.322 e. The molecule has 2 N–H and O–H groups in total. The zero-order valence-corrected chi connectivity index (χ0v) is 16.6. The van der Waals surface area contributed by atoms with Crippen LogP contribution in [0.15, 0.2) is 54.9 Å². The highest BCUT2D eigenvalue weighted by atomic mass is 35.5. The van der Waals surface area contributed by atoms with E-state index in [0.29, 0.717) is 16.3 Å². The summed E-state index contributed by atoms with van der Waals surface area (Å²) >= 11 is 6.10. The van der Waals surface area contributed by atoms with E-state index in [1.165, 1.54) is 18.5 Å². The predicted molar refractivity (Wildman–Crippen MR) is 112 cm³/mol. The zero-order valence-electron chi connectivity index (χ0n) is 15.8. The van der Waals surface area contributed by atoms with E-state index < -0.39 is 0 Å². The number of rotatable bonds is 4. The summed E-state index contributed by atoms with van der Waals surface area (Å²) in [7, 11) is 0. The minimum atomic E-state index is -0.361. The summed E-state index contributed by atoms with van der Waals surface area (Å²) in [6.45, 7) is 5.68. The SMILES string of the molecule is Cc1cccc(C)c1NC(=O)c1cncc(C(=O)Nc2cccc(Cl)c2C)c1. The van der Waals surface area contributed by atoms with Crippen LogP contribution in [0, 0.1) is 20.8 Å². The number of carbonyl (C=O) groups excluding carboxylic acids is 2. The third-order valence-electron chi connectivity index (χ3n) is 4.50. The second kappa shape index (κ2) is 8.23. The van der Waals surface area contributed by atoms with E-state index in [0.717, 1.165) is 22.4 Å². The molecule has 2 amide bonds. The Kier molecular flexibility index (Phi) is 5.76. The van der Waals surface area contributed by atoms with Crippen LogP contribution in [0.4, 0.5) is 11.4 Å². The number of aromatic nitrogens is 1. The third kappa shape index (κ3) is 4.21. The van der Waals surface area contributed by atoms with Gasteiger partial charge in [-0.25, -0.2) is 0 Å².